The zero-order valence-electron chi connectivity index (χ0n) is 15.0. The normalized spacial score (nSPS) is 16.7. The average molecular weight is 399 g/mol. The zero-order valence-corrected chi connectivity index (χ0v) is 16.6. The van der Waals surface area contributed by atoms with Crippen molar-refractivity contribution in [3.63, 3.8) is 0 Å². The van der Waals surface area contributed by atoms with Crippen molar-refractivity contribution in [2.45, 2.75) is 25.7 Å². The van der Waals surface area contributed by atoms with Crippen molar-refractivity contribution in [3.05, 3.63) is 27.6 Å². The summed E-state index contributed by atoms with van der Waals surface area (Å²) in [5.74, 6) is 0.110. The number of hydrogen-bond acceptors (Lipinski definition) is 7. The second kappa shape index (κ2) is 7.47. The van der Waals surface area contributed by atoms with Crippen molar-refractivity contribution in [2.75, 3.05) is 38.0 Å². The lowest BCUT2D eigenvalue weighted by Crippen LogP contribution is -2.50. The Hall–Kier alpha value is -1.75. The van der Waals surface area contributed by atoms with Gasteiger partial charge in [0.2, 0.25) is 21.8 Å². The first kappa shape index (κ1) is 19.0. The first-order valence-corrected chi connectivity index (χ1v) is 10.5. The van der Waals surface area contributed by atoms with Gasteiger partial charge in [-0.15, -0.1) is 11.3 Å². The van der Waals surface area contributed by atoms with Crippen LogP contribution in [-0.2, 0) is 14.8 Å². The molecule has 1 saturated heterocycles. The Bertz CT molecular complexity index is 895. The summed E-state index contributed by atoms with van der Waals surface area (Å²) in [7, 11) is -3.48. The lowest BCUT2D eigenvalue weighted by atomic mass is 10.3. The Balaban J connectivity index is 1.55. The van der Waals surface area contributed by atoms with Crippen LogP contribution < -0.4 is 5.32 Å². The first-order chi connectivity index (χ1) is 12.3. The molecule has 3 rings (SSSR count). The van der Waals surface area contributed by atoms with Crippen LogP contribution in [0.2, 0.25) is 0 Å². The SMILES string of the molecule is Cc1cc(NC(=O)CN2CCN(S(=O)(=O)c3cc(C)sc3C)CC2)on1. The highest BCUT2D eigenvalue weighted by Crippen LogP contribution is 2.28. The standard InChI is InChI=1S/C16H22N4O4S2/c1-11-8-16(24-18-11)17-15(21)10-19-4-6-20(7-5-19)26(22,23)14-9-12(2)25-13(14)3/h8-9H,4-7,10H2,1-3H3,(H,17,21). The second-order valence-corrected chi connectivity index (χ2v) is 9.71. The molecule has 2 aromatic heterocycles. The van der Waals surface area contributed by atoms with Gasteiger partial charge in [-0.2, -0.15) is 4.31 Å². The van der Waals surface area contributed by atoms with E-state index in [4.69, 9.17) is 4.52 Å². The summed E-state index contributed by atoms with van der Waals surface area (Å²) in [5.41, 5.74) is 0.693. The highest BCUT2D eigenvalue weighted by Gasteiger charge is 2.31. The maximum absolute atomic E-state index is 12.8. The van der Waals surface area contributed by atoms with Gasteiger partial charge in [0, 0.05) is 42.0 Å². The zero-order chi connectivity index (χ0) is 18.9. The molecule has 3 heterocycles. The third-order valence-electron chi connectivity index (χ3n) is 4.20. The highest BCUT2D eigenvalue weighted by atomic mass is 32.2. The minimum atomic E-state index is -3.48. The summed E-state index contributed by atoms with van der Waals surface area (Å²) in [5, 5.41) is 6.36. The van der Waals surface area contributed by atoms with Crippen molar-refractivity contribution in [3.8, 4) is 0 Å². The van der Waals surface area contributed by atoms with Gasteiger partial charge in [-0.05, 0) is 26.8 Å². The lowest BCUT2D eigenvalue weighted by molar-refractivity contribution is -0.117. The third kappa shape index (κ3) is 4.14. The van der Waals surface area contributed by atoms with Gasteiger partial charge in [0.15, 0.2) is 0 Å². The van der Waals surface area contributed by atoms with Crippen LogP contribution in [0.3, 0.4) is 0 Å². The summed E-state index contributed by atoms with van der Waals surface area (Å²) < 4.78 is 32.1. The molecule has 0 bridgehead atoms. The highest BCUT2D eigenvalue weighted by molar-refractivity contribution is 7.89. The van der Waals surface area contributed by atoms with Gasteiger partial charge in [-0.1, -0.05) is 5.16 Å². The smallest absolute Gasteiger partial charge is 0.244 e. The van der Waals surface area contributed by atoms with Crippen LogP contribution in [0.1, 0.15) is 15.4 Å². The van der Waals surface area contributed by atoms with Crippen LogP contribution >= 0.6 is 11.3 Å². The minimum absolute atomic E-state index is 0.185. The van der Waals surface area contributed by atoms with Crippen molar-refractivity contribution in [1.82, 2.24) is 14.4 Å². The average Bonchev–Trinajstić information content (AvgIpc) is 3.13. The molecule has 1 aliphatic rings. The van der Waals surface area contributed by atoms with Gasteiger partial charge in [-0.25, -0.2) is 8.42 Å². The molecular formula is C16H22N4O4S2. The maximum Gasteiger partial charge on any atom is 0.244 e. The van der Waals surface area contributed by atoms with E-state index in [0.29, 0.717) is 42.7 Å². The first-order valence-electron chi connectivity index (χ1n) is 8.28. The number of nitrogens with one attached hydrogen (secondary N) is 1. The molecule has 26 heavy (non-hydrogen) atoms. The molecule has 10 heteroatoms. The lowest BCUT2D eigenvalue weighted by Gasteiger charge is -2.33. The predicted molar refractivity (Wildman–Crippen MR) is 98.9 cm³/mol. The second-order valence-electron chi connectivity index (χ2n) is 6.34. The van der Waals surface area contributed by atoms with E-state index in [2.05, 4.69) is 10.5 Å². The van der Waals surface area contributed by atoms with E-state index in [1.807, 2.05) is 18.7 Å². The largest absolute Gasteiger partial charge is 0.338 e. The maximum atomic E-state index is 12.8. The molecule has 0 aliphatic carbocycles. The van der Waals surface area contributed by atoms with Gasteiger partial charge in [0.25, 0.3) is 0 Å². The van der Waals surface area contributed by atoms with Crippen LogP contribution in [0.4, 0.5) is 5.88 Å². The molecule has 1 fully saturated rings. The fraction of sp³-hybridized carbons (Fsp3) is 0.500. The van der Waals surface area contributed by atoms with E-state index in [1.165, 1.54) is 15.6 Å². The van der Waals surface area contributed by atoms with Gasteiger partial charge >= 0.3 is 0 Å². The number of piperazine rings is 1. The number of aryl methyl sites for hydroxylation is 3. The van der Waals surface area contributed by atoms with Crippen LogP contribution in [0.25, 0.3) is 0 Å². The van der Waals surface area contributed by atoms with Crippen LogP contribution in [-0.4, -0.2) is 61.4 Å². The van der Waals surface area contributed by atoms with Gasteiger partial charge in [0.1, 0.15) is 0 Å². The van der Waals surface area contributed by atoms with Gasteiger partial charge < -0.3 is 4.52 Å². The molecule has 1 aliphatic heterocycles. The molecule has 142 valence electrons. The summed E-state index contributed by atoms with van der Waals surface area (Å²) in [6, 6.07) is 3.38. The number of rotatable bonds is 5. The van der Waals surface area contributed by atoms with Crippen molar-refractivity contribution >= 4 is 33.2 Å². The number of amides is 1. The molecule has 0 unspecified atom stereocenters. The number of anilines is 1. The Morgan fingerprint density at radius 3 is 2.46 bits per heavy atom. The molecule has 8 nitrogen and oxygen atoms in total. The van der Waals surface area contributed by atoms with E-state index in [1.54, 1.807) is 19.1 Å². The Morgan fingerprint density at radius 2 is 1.92 bits per heavy atom. The number of nitrogens with zero attached hydrogens (tertiary/aromatic N) is 3. The number of carbonyl (C=O) groups is 1. The monoisotopic (exact) mass is 398 g/mol. The number of sulfonamides is 1. The van der Waals surface area contributed by atoms with Crippen LogP contribution in [0.15, 0.2) is 21.6 Å². The third-order valence-corrected chi connectivity index (χ3v) is 7.32. The summed E-state index contributed by atoms with van der Waals surface area (Å²) in [4.78, 5) is 16.2. The number of hydrogen-bond donors (Lipinski definition) is 1. The molecule has 0 saturated carbocycles. The topological polar surface area (TPSA) is 95.8 Å². The number of thiophene rings is 1. The molecule has 1 N–H and O–H groups in total. The van der Waals surface area contributed by atoms with Gasteiger partial charge in [-0.3, -0.25) is 15.0 Å². The van der Waals surface area contributed by atoms with Crippen LogP contribution in [0.5, 0.6) is 0 Å². The Morgan fingerprint density at radius 1 is 1.23 bits per heavy atom. The summed E-state index contributed by atoms with van der Waals surface area (Å²) in [6.07, 6.45) is 0. The summed E-state index contributed by atoms with van der Waals surface area (Å²) >= 11 is 1.49. The Labute approximate surface area is 156 Å². The predicted octanol–water partition coefficient (Wildman–Crippen LogP) is 1.61. The van der Waals surface area contributed by atoms with Gasteiger partial charge in [0.05, 0.1) is 17.1 Å². The number of aromatic nitrogens is 1. The molecule has 1 amide bonds. The molecule has 0 aromatic carbocycles. The van der Waals surface area contributed by atoms with Crippen molar-refractivity contribution in [1.29, 1.82) is 0 Å². The molecule has 0 spiro atoms. The van der Waals surface area contributed by atoms with E-state index in [0.717, 1.165) is 9.75 Å². The van der Waals surface area contributed by atoms with E-state index in [-0.39, 0.29) is 12.5 Å². The van der Waals surface area contributed by atoms with Crippen molar-refractivity contribution < 1.29 is 17.7 Å². The summed E-state index contributed by atoms with van der Waals surface area (Å²) in [6.45, 7) is 7.44. The Kier molecular flexibility index (Phi) is 5.47. The molecule has 2 aromatic rings. The van der Waals surface area contributed by atoms with E-state index in [9.17, 15) is 13.2 Å². The fourth-order valence-corrected chi connectivity index (χ4v) is 5.88. The van der Waals surface area contributed by atoms with E-state index < -0.39 is 10.0 Å². The quantitative estimate of drug-likeness (QED) is 0.822. The fourth-order valence-electron chi connectivity index (χ4n) is 2.93. The molecular weight excluding hydrogens is 376 g/mol. The van der Waals surface area contributed by atoms with Crippen molar-refractivity contribution in [2.24, 2.45) is 0 Å². The molecule has 0 atom stereocenters. The minimum Gasteiger partial charge on any atom is -0.338 e. The molecule has 0 radical (unpaired) electrons. The van der Waals surface area contributed by atoms with E-state index >= 15 is 0 Å². The van der Waals surface area contributed by atoms with Crippen LogP contribution in [0, 0.1) is 20.8 Å². The number of carbonyl (C=O) groups excluding carboxylic acids is 1.